The van der Waals surface area contributed by atoms with Crippen LogP contribution in [0, 0.1) is 0 Å². The van der Waals surface area contributed by atoms with Crippen LogP contribution in [-0.2, 0) is 6.18 Å². The maximum absolute atomic E-state index is 12.9. The van der Waals surface area contributed by atoms with E-state index in [1.165, 1.54) is 12.1 Å². The van der Waals surface area contributed by atoms with Gasteiger partial charge in [-0.2, -0.15) is 13.2 Å². The molecule has 0 aliphatic rings. The first-order valence-electron chi connectivity index (χ1n) is 8.91. The Balaban J connectivity index is 1.78. The molecule has 0 fully saturated rings. The van der Waals surface area contributed by atoms with Crippen molar-refractivity contribution in [3.8, 4) is 22.7 Å². The Morgan fingerprint density at radius 1 is 0.690 bits per heavy atom. The smallest absolute Gasteiger partial charge is 0.416 e. The Hall–Kier alpha value is -3.67. The van der Waals surface area contributed by atoms with Crippen molar-refractivity contribution < 1.29 is 17.6 Å². The van der Waals surface area contributed by atoms with Gasteiger partial charge < -0.3 is 4.42 Å². The zero-order valence-electron chi connectivity index (χ0n) is 14.9. The van der Waals surface area contributed by atoms with E-state index >= 15 is 0 Å². The summed E-state index contributed by atoms with van der Waals surface area (Å²) in [5.74, 6) is 0.580. The molecule has 2 heterocycles. The molecule has 3 aromatic carbocycles. The highest BCUT2D eigenvalue weighted by atomic mass is 19.4. The lowest BCUT2D eigenvalue weighted by molar-refractivity contribution is -0.137. The summed E-state index contributed by atoms with van der Waals surface area (Å²) in [7, 11) is 0. The molecule has 0 saturated carbocycles. The Bertz CT molecular complexity index is 1320. The molecule has 0 aliphatic heterocycles. The molecule has 3 nitrogen and oxygen atoms in total. The van der Waals surface area contributed by atoms with E-state index in [9.17, 15) is 13.2 Å². The number of rotatable bonds is 2. The van der Waals surface area contributed by atoms with Crippen LogP contribution >= 0.6 is 0 Å². The fourth-order valence-electron chi connectivity index (χ4n) is 3.47. The number of benzene rings is 3. The van der Waals surface area contributed by atoms with Crippen LogP contribution in [0.1, 0.15) is 5.56 Å². The third-order valence-corrected chi connectivity index (χ3v) is 4.89. The summed E-state index contributed by atoms with van der Waals surface area (Å²) in [6, 6.07) is 20.4. The second kappa shape index (κ2) is 6.44. The van der Waals surface area contributed by atoms with Gasteiger partial charge in [-0.3, -0.25) is 0 Å². The van der Waals surface area contributed by atoms with E-state index < -0.39 is 11.7 Å². The number of hydrogen-bond donors (Lipinski definition) is 0. The summed E-state index contributed by atoms with van der Waals surface area (Å²) in [5.41, 5.74) is 0.981. The average molecular weight is 390 g/mol. The fourth-order valence-corrected chi connectivity index (χ4v) is 3.47. The van der Waals surface area contributed by atoms with E-state index in [0.29, 0.717) is 22.7 Å². The molecule has 6 heteroatoms. The first-order chi connectivity index (χ1) is 14.0. The standard InChI is InChI=1S/C23H13F3N2O/c24-23(25,26)17-9-7-14(8-10-17)21-18-12-15-4-1-2-5-16(15)13-19(18)22(28-27-21)20-6-3-11-29-20/h1-13H. The van der Waals surface area contributed by atoms with Crippen LogP contribution in [0.15, 0.2) is 83.5 Å². The van der Waals surface area contributed by atoms with Crippen LogP contribution in [0.5, 0.6) is 0 Å². The summed E-state index contributed by atoms with van der Waals surface area (Å²) in [6.07, 6.45) is -2.82. The molecular weight excluding hydrogens is 377 g/mol. The van der Waals surface area contributed by atoms with Crippen LogP contribution in [0.2, 0.25) is 0 Å². The predicted molar refractivity (Wildman–Crippen MR) is 105 cm³/mol. The van der Waals surface area contributed by atoms with Crippen molar-refractivity contribution in [2.24, 2.45) is 0 Å². The number of halogens is 3. The third-order valence-electron chi connectivity index (χ3n) is 4.89. The quantitative estimate of drug-likeness (QED) is 0.314. The van der Waals surface area contributed by atoms with Crippen LogP contribution in [0.25, 0.3) is 44.3 Å². The first kappa shape index (κ1) is 17.4. The number of fused-ring (bicyclic) bond motifs is 2. The Kier molecular flexibility index (Phi) is 3.87. The molecule has 0 atom stereocenters. The predicted octanol–water partition coefficient (Wildman–Crippen LogP) is 6.73. The minimum Gasteiger partial charge on any atom is -0.463 e. The monoisotopic (exact) mass is 390 g/mol. The van der Waals surface area contributed by atoms with E-state index in [0.717, 1.165) is 33.7 Å². The number of furan rings is 1. The molecule has 5 aromatic rings. The Labute approximate surface area is 163 Å². The molecule has 29 heavy (non-hydrogen) atoms. The normalized spacial score (nSPS) is 12.0. The largest absolute Gasteiger partial charge is 0.463 e. The Morgan fingerprint density at radius 2 is 1.31 bits per heavy atom. The van der Waals surface area contributed by atoms with Gasteiger partial charge in [-0.1, -0.05) is 36.4 Å². The number of nitrogens with zero attached hydrogens (tertiary/aromatic N) is 2. The lowest BCUT2D eigenvalue weighted by Crippen LogP contribution is -2.04. The maximum atomic E-state index is 12.9. The lowest BCUT2D eigenvalue weighted by atomic mass is 9.98. The summed E-state index contributed by atoms with van der Waals surface area (Å²) in [4.78, 5) is 0. The van der Waals surface area contributed by atoms with Crippen LogP contribution in [-0.4, -0.2) is 10.2 Å². The minimum atomic E-state index is -4.38. The molecule has 0 bridgehead atoms. The van der Waals surface area contributed by atoms with E-state index in [4.69, 9.17) is 4.42 Å². The summed E-state index contributed by atoms with van der Waals surface area (Å²) >= 11 is 0. The van der Waals surface area contributed by atoms with Crippen molar-refractivity contribution in [1.29, 1.82) is 0 Å². The molecule has 142 valence electrons. The van der Waals surface area contributed by atoms with Gasteiger partial charge in [-0.25, -0.2) is 0 Å². The topological polar surface area (TPSA) is 38.9 Å². The molecule has 0 spiro atoms. The molecule has 0 unspecified atom stereocenters. The molecule has 0 radical (unpaired) electrons. The fraction of sp³-hybridized carbons (Fsp3) is 0.0435. The van der Waals surface area contributed by atoms with Gasteiger partial charge in [0, 0.05) is 16.3 Å². The second-order valence-electron chi connectivity index (χ2n) is 6.69. The van der Waals surface area contributed by atoms with Crippen LogP contribution < -0.4 is 0 Å². The highest BCUT2D eigenvalue weighted by Crippen LogP contribution is 2.36. The first-order valence-corrected chi connectivity index (χ1v) is 8.91. The van der Waals surface area contributed by atoms with Crippen LogP contribution in [0.4, 0.5) is 13.2 Å². The van der Waals surface area contributed by atoms with Crippen molar-refractivity contribution in [1.82, 2.24) is 10.2 Å². The summed E-state index contributed by atoms with van der Waals surface area (Å²) in [5, 5.41) is 12.3. The second-order valence-corrected chi connectivity index (χ2v) is 6.69. The number of aromatic nitrogens is 2. The molecule has 2 aromatic heterocycles. The van der Waals surface area contributed by atoms with Gasteiger partial charge in [0.1, 0.15) is 11.4 Å². The maximum Gasteiger partial charge on any atom is 0.416 e. The molecule has 0 amide bonds. The summed E-state index contributed by atoms with van der Waals surface area (Å²) in [6.45, 7) is 0. The van der Waals surface area contributed by atoms with Crippen molar-refractivity contribution >= 4 is 21.5 Å². The molecule has 0 saturated heterocycles. The van der Waals surface area contributed by atoms with Gasteiger partial charge in [0.2, 0.25) is 0 Å². The highest BCUT2D eigenvalue weighted by molar-refractivity contribution is 6.08. The zero-order chi connectivity index (χ0) is 20.0. The molecule has 0 N–H and O–H groups in total. The Morgan fingerprint density at radius 3 is 1.90 bits per heavy atom. The van der Waals surface area contributed by atoms with E-state index in [-0.39, 0.29) is 0 Å². The van der Waals surface area contributed by atoms with Crippen molar-refractivity contribution in [2.45, 2.75) is 6.18 Å². The van der Waals surface area contributed by atoms with Gasteiger partial charge in [-0.05, 0) is 47.2 Å². The number of alkyl halides is 3. The SMILES string of the molecule is FC(F)(F)c1ccc(-c2nnc(-c3ccco3)c3cc4ccccc4cc23)cc1. The lowest BCUT2D eigenvalue weighted by Gasteiger charge is -2.11. The third kappa shape index (κ3) is 3.02. The van der Waals surface area contributed by atoms with Gasteiger partial charge >= 0.3 is 6.18 Å². The van der Waals surface area contributed by atoms with Crippen molar-refractivity contribution in [2.75, 3.05) is 0 Å². The number of hydrogen-bond acceptors (Lipinski definition) is 3. The molecule has 5 rings (SSSR count). The van der Waals surface area contributed by atoms with E-state index in [2.05, 4.69) is 10.2 Å². The average Bonchev–Trinajstić information content (AvgIpc) is 3.25. The van der Waals surface area contributed by atoms with Crippen molar-refractivity contribution in [3.05, 3.63) is 84.6 Å². The van der Waals surface area contributed by atoms with Gasteiger partial charge in [-0.15, -0.1) is 10.2 Å². The van der Waals surface area contributed by atoms with E-state index in [1.807, 2.05) is 36.4 Å². The highest BCUT2D eigenvalue weighted by Gasteiger charge is 2.30. The minimum absolute atomic E-state index is 0.523. The van der Waals surface area contributed by atoms with Crippen molar-refractivity contribution in [3.63, 3.8) is 0 Å². The summed E-state index contributed by atoms with van der Waals surface area (Å²) < 4.78 is 44.3. The zero-order valence-corrected chi connectivity index (χ0v) is 14.9. The molecular formula is C23H13F3N2O. The molecule has 0 aliphatic carbocycles. The van der Waals surface area contributed by atoms with Crippen LogP contribution in [0.3, 0.4) is 0 Å². The van der Waals surface area contributed by atoms with E-state index in [1.54, 1.807) is 18.4 Å². The van der Waals surface area contributed by atoms with Gasteiger partial charge in [0.25, 0.3) is 0 Å². The van der Waals surface area contributed by atoms with Gasteiger partial charge in [0.05, 0.1) is 11.8 Å². The van der Waals surface area contributed by atoms with Gasteiger partial charge in [0.15, 0.2) is 5.76 Å².